The zero-order valence-corrected chi connectivity index (χ0v) is 10.9. The van der Waals surface area contributed by atoms with Crippen LogP contribution in [-0.4, -0.2) is 37.8 Å². The van der Waals surface area contributed by atoms with Gasteiger partial charge in [-0.1, -0.05) is 0 Å². The predicted molar refractivity (Wildman–Crippen MR) is 45.0 cm³/mol. The summed E-state index contributed by atoms with van der Waals surface area (Å²) < 4.78 is 15.7. The molecule has 0 aromatic rings. The first-order valence-electron chi connectivity index (χ1n) is 2.31. The van der Waals surface area contributed by atoms with Crippen molar-refractivity contribution in [3.8, 4) is 0 Å². The second-order valence-corrected chi connectivity index (χ2v) is 13.9. The molecule has 3 nitrogen and oxygen atoms in total. The van der Waals surface area contributed by atoms with Crippen LogP contribution >= 0.6 is 10.7 Å². The molecule has 1 fully saturated rings. The molecule has 1 aliphatic heterocycles. The van der Waals surface area contributed by atoms with Gasteiger partial charge in [0.25, 0.3) is 20.0 Å². The van der Waals surface area contributed by atoms with Crippen LogP contribution in [0, 0.1) is 0 Å². The molecule has 0 aromatic heterocycles. The second kappa shape index (κ2) is 4.93. The van der Waals surface area contributed by atoms with Crippen molar-refractivity contribution in [3.63, 3.8) is 0 Å². The lowest BCUT2D eigenvalue weighted by Gasteiger charge is -2.09. The minimum atomic E-state index is -0.549. The molecule has 0 unspecified atom stereocenters. The Hall–Kier alpha value is 1.10. The van der Waals surface area contributed by atoms with E-state index in [-0.39, 0.29) is 17.8 Å². The van der Waals surface area contributed by atoms with Crippen molar-refractivity contribution in [2.75, 3.05) is 0 Å². The van der Waals surface area contributed by atoms with E-state index < -0.39 is 20.0 Å². The van der Waals surface area contributed by atoms with Crippen LogP contribution in [0.1, 0.15) is 0 Å². The van der Waals surface area contributed by atoms with Gasteiger partial charge in [-0.05, 0) is 0 Å². The predicted octanol–water partition coefficient (Wildman–Crippen LogP) is -3.22. The van der Waals surface area contributed by atoms with E-state index in [9.17, 15) is 0 Å². The Morgan fingerprint density at radius 1 is 0.875 bits per heavy atom. The van der Waals surface area contributed by atoms with Crippen molar-refractivity contribution in [3.05, 3.63) is 0 Å². The van der Waals surface area contributed by atoms with Crippen LogP contribution in [0.15, 0.2) is 0 Å². The minimum Gasteiger partial charge on any atom is -0.437 e. The van der Waals surface area contributed by atoms with Crippen molar-refractivity contribution < 1.29 is 12.3 Å². The zero-order chi connectivity index (χ0) is 5.66. The van der Waals surface area contributed by atoms with Crippen LogP contribution in [0.3, 0.4) is 0 Å². The van der Waals surface area contributed by atoms with E-state index in [1.807, 2.05) is 10.7 Å². The maximum atomic E-state index is 5.28. The molecule has 8 heteroatoms. The van der Waals surface area contributed by atoms with E-state index in [2.05, 4.69) is 0 Å². The summed E-state index contributed by atoms with van der Waals surface area (Å²) in [5, 5.41) is 0. The largest absolute Gasteiger partial charge is 0.437 e. The van der Waals surface area contributed by atoms with Crippen LogP contribution in [0.4, 0.5) is 0 Å². The van der Waals surface area contributed by atoms with E-state index in [0.29, 0.717) is 0 Å². The Morgan fingerprint density at radius 2 is 1.50 bits per heavy atom. The maximum absolute atomic E-state index is 5.28. The van der Waals surface area contributed by atoms with Crippen molar-refractivity contribution in [1.29, 1.82) is 0 Å². The normalized spacial score (nSPS) is 36.0. The fraction of sp³-hybridized carbons (Fsp3) is 0. The van der Waals surface area contributed by atoms with Gasteiger partial charge in [0.15, 0.2) is 0 Å². The summed E-state index contributed by atoms with van der Waals surface area (Å²) in [5.74, 6) is 0. The molecule has 8 heavy (non-hydrogen) atoms. The molecule has 0 saturated carbocycles. The number of hydrogen-bond donors (Lipinski definition) is 0. The molecule has 0 bridgehead atoms. The first-order valence-corrected chi connectivity index (χ1v) is 10.4. The van der Waals surface area contributed by atoms with Crippen molar-refractivity contribution in [1.82, 2.24) is 0 Å². The highest BCUT2D eigenvalue weighted by Gasteiger charge is 1.97. The molecule has 1 rings (SSSR count). The Labute approximate surface area is 61.2 Å². The molecule has 1 heterocycles. The molecule has 0 atom stereocenters. The van der Waals surface area contributed by atoms with E-state index in [1.165, 1.54) is 0 Å². The molecule has 0 spiro atoms. The fourth-order valence-corrected chi connectivity index (χ4v) is 15.8. The molecule has 0 radical (unpaired) electrons. The third-order valence-corrected chi connectivity index (χ3v) is 12.0. The smallest absolute Gasteiger partial charge is 0.285 e. The topological polar surface area (TPSA) is 27.7 Å². The average molecular weight is 200 g/mol. The van der Waals surface area contributed by atoms with Gasteiger partial charge in [0.2, 0.25) is 17.8 Å². The Morgan fingerprint density at radius 3 is 2.12 bits per heavy atom. The van der Waals surface area contributed by atoms with Gasteiger partial charge in [-0.3, -0.25) is 0 Å². The van der Waals surface area contributed by atoms with Crippen LogP contribution < -0.4 is 0 Å². The quantitative estimate of drug-likeness (QED) is 0.385. The zero-order valence-electron chi connectivity index (χ0n) is 4.46. The van der Waals surface area contributed by atoms with Crippen molar-refractivity contribution in [2.24, 2.45) is 0 Å². The van der Waals surface area contributed by atoms with Gasteiger partial charge in [-0.2, -0.15) is 10.7 Å². The highest BCUT2D eigenvalue weighted by Crippen LogP contribution is 1.95. The fourth-order valence-electron chi connectivity index (χ4n) is 0.372. The Bertz CT molecular complexity index is 35.2. The number of hydrogen-bond acceptors (Lipinski definition) is 4. The summed E-state index contributed by atoms with van der Waals surface area (Å²) in [6.45, 7) is 0. The summed E-state index contributed by atoms with van der Waals surface area (Å²) in [5.41, 5.74) is 0. The molecule has 1 saturated heterocycles. The SMILES string of the molecule is O1[SiH2]O[SiH2]S[SiH2]O[SiH2]1. The highest BCUT2D eigenvalue weighted by molar-refractivity contribution is 8.39. The lowest BCUT2D eigenvalue weighted by molar-refractivity contribution is 0.439. The van der Waals surface area contributed by atoms with Crippen LogP contribution in [0.25, 0.3) is 0 Å². The van der Waals surface area contributed by atoms with Gasteiger partial charge in [0, 0.05) is 0 Å². The molecule has 0 amide bonds. The first-order chi connectivity index (χ1) is 4.00. The lowest BCUT2D eigenvalue weighted by atomic mass is 15.7. The van der Waals surface area contributed by atoms with Crippen molar-refractivity contribution in [2.45, 2.75) is 0 Å². The highest BCUT2D eigenvalue weighted by atomic mass is 32.5. The van der Waals surface area contributed by atoms with E-state index in [4.69, 9.17) is 12.3 Å². The standard InChI is InChI=1S/H8O3SSi4/c1-5-2-7-4-8-3-6-1/h5-8H2. The third-order valence-electron chi connectivity index (χ3n) is 0.667. The monoisotopic (exact) mass is 200 g/mol. The maximum Gasteiger partial charge on any atom is 0.285 e. The summed E-state index contributed by atoms with van der Waals surface area (Å²) >= 11 is 0. The molecular formula is H8O3SSi4. The summed E-state index contributed by atoms with van der Waals surface area (Å²) in [7, 11) is 0.382. The third kappa shape index (κ3) is 3.19. The Kier molecular flexibility index (Phi) is 4.44. The van der Waals surface area contributed by atoms with Gasteiger partial charge < -0.3 is 12.3 Å². The first kappa shape index (κ1) is 7.21. The van der Waals surface area contributed by atoms with Gasteiger partial charge in [-0.25, -0.2) is 0 Å². The van der Waals surface area contributed by atoms with E-state index in [1.54, 1.807) is 0 Å². The molecule has 0 N–H and O–H groups in total. The van der Waals surface area contributed by atoms with Gasteiger partial charge >= 0.3 is 0 Å². The second-order valence-electron chi connectivity index (χ2n) is 1.29. The summed E-state index contributed by atoms with van der Waals surface area (Å²) in [6.07, 6.45) is 0. The molecule has 1 aliphatic rings. The van der Waals surface area contributed by atoms with Crippen LogP contribution in [0.5, 0.6) is 0 Å². The van der Waals surface area contributed by atoms with Gasteiger partial charge in [0.1, 0.15) is 0 Å². The Balaban J connectivity index is 2.00. The lowest BCUT2D eigenvalue weighted by Crippen LogP contribution is -2.17. The molecule has 0 aromatic carbocycles. The summed E-state index contributed by atoms with van der Waals surface area (Å²) in [6, 6.07) is 0. The van der Waals surface area contributed by atoms with Crippen LogP contribution in [0.2, 0.25) is 0 Å². The van der Waals surface area contributed by atoms with Gasteiger partial charge in [-0.15, -0.1) is 0 Å². The van der Waals surface area contributed by atoms with E-state index >= 15 is 0 Å². The van der Waals surface area contributed by atoms with Crippen molar-refractivity contribution >= 4 is 48.5 Å². The van der Waals surface area contributed by atoms with Crippen LogP contribution in [-0.2, 0) is 12.3 Å². The molecule has 48 valence electrons. The van der Waals surface area contributed by atoms with Gasteiger partial charge in [0.05, 0.1) is 0 Å². The number of rotatable bonds is 0. The molecule has 0 aliphatic carbocycles. The minimum absolute atomic E-state index is 0.236. The van der Waals surface area contributed by atoms with E-state index in [0.717, 1.165) is 0 Å². The summed E-state index contributed by atoms with van der Waals surface area (Å²) in [4.78, 5) is 0. The molecular weight excluding hydrogens is 192 g/mol. The average Bonchev–Trinajstić information content (AvgIpc) is 1.62.